The zero-order chi connectivity index (χ0) is 13.6. The molecule has 1 N–H and O–H groups in total. The lowest BCUT2D eigenvalue weighted by Gasteiger charge is -2.41. The zero-order valence-corrected chi connectivity index (χ0v) is 12.2. The van der Waals surface area contributed by atoms with Crippen LogP contribution >= 0.6 is 11.6 Å². The van der Waals surface area contributed by atoms with Crippen molar-refractivity contribution in [1.29, 1.82) is 0 Å². The molecule has 3 nitrogen and oxygen atoms in total. The predicted octanol–water partition coefficient (Wildman–Crippen LogP) is 3.82. The van der Waals surface area contributed by atoms with Crippen LogP contribution in [0.2, 0.25) is 5.02 Å². The van der Waals surface area contributed by atoms with Crippen molar-refractivity contribution in [1.82, 2.24) is 9.78 Å². The van der Waals surface area contributed by atoms with Crippen molar-refractivity contribution in [2.45, 2.75) is 37.6 Å². The molecule has 1 fully saturated rings. The lowest BCUT2D eigenvalue weighted by Crippen LogP contribution is -2.36. The third-order valence-electron chi connectivity index (χ3n) is 4.73. The molecule has 0 atom stereocenters. The Labute approximate surface area is 123 Å². The summed E-state index contributed by atoms with van der Waals surface area (Å²) in [5, 5.41) is 9.11. The van der Waals surface area contributed by atoms with Crippen LogP contribution in [0.25, 0.3) is 0 Å². The molecule has 0 unspecified atom stereocenters. The molecule has 1 saturated carbocycles. The molecule has 0 amide bonds. The first kappa shape index (κ1) is 12.3. The van der Waals surface area contributed by atoms with E-state index in [4.69, 9.17) is 16.7 Å². The van der Waals surface area contributed by atoms with E-state index in [1.807, 2.05) is 12.1 Å². The van der Waals surface area contributed by atoms with E-state index in [0.29, 0.717) is 0 Å². The van der Waals surface area contributed by atoms with Crippen molar-refractivity contribution < 1.29 is 0 Å². The summed E-state index contributed by atoms with van der Waals surface area (Å²) in [6, 6.07) is 10.5. The van der Waals surface area contributed by atoms with Crippen molar-refractivity contribution in [3.05, 3.63) is 46.6 Å². The first-order chi connectivity index (χ1) is 9.78. The van der Waals surface area contributed by atoms with Gasteiger partial charge in [-0.1, -0.05) is 30.2 Å². The number of benzene rings is 1. The van der Waals surface area contributed by atoms with Crippen LogP contribution in [0, 0.1) is 0 Å². The Hall–Kier alpha value is -1.48. The number of aromatic nitrogens is 2. The summed E-state index contributed by atoms with van der Waals surface area (Å²) in [4.78, 5) is 0. The van der Waals surface area contributed by atoms with E-state index >= 15 is 0 Å². The predicted molar refractivity (Wildman–Crippen MR) is 81.4 cm³/mol. The number of fused-ring (bicyclic) bond motifs is 1. The molecule has 20 heavy (non-hydrogen) atoms. The smallest absolute Gasteiger partial charge is 0.124 e. The summed E-state index contributed by atoms with van der Waals surface area (Å²) in [5.74, 6) is 1.17. The molecule has 1 aromatic heterocycles. The molecule has 2 aliphatic rings. The third-order valence-corrected chi connectivity index (χ3v) is 4.98. The molecule has 0 saturated heterocycles. The summed E-state index contributed by atoms with van der Waals surface area (Å²) >= 11 is 6.02. The molecule has 2 aromatic rings. The van der Waals surface area contributed by atoms with Crippen molar-refractivity contribution in [2.75, 3.05) is 11.9 Å². The van der Waals surface area contributed by atoms with Gasteiger partial charge in [-0.2, -0.15) is 5.10 Å². The molecule has 1 aliphatic carbocycles. The number of hydrogen-bond donors (Lipinski definition) is 1. The highest BCUT2D eigenvalue weighted by Crippen LogP contribution is 2.49. The van der Waals surface area contributed by atoms with Crippen molar-refractivity contribution in [3.63, 3.8) is 0 Å². The van der Waals surface area contributed by atoms with Gasteiger partial charge in [-0.25, -0.2) is 4.68 Å². The van der Waals surface area contributed by atoms with Crippen LogP contribution in [-0.4, -0.2) is 16.3 Å². The van der Waals surface area contributed by atoms with Gasteiger partial charge in [0, 0.05) is 29.6 Å². The maximum Gasteiger partial charge on any atom is 0.124 e. The van der Waals surface area contributed by atoms with Crippen LogP contribution in [0.3, 0.4) is 0 Å². The summed E-state index contributed by atoms with van der Waals surface area (Å²) in [7, 11) is 0. The molecule has 104 valence electrons. The summed E-state index contributed by atoms with van der Waals surface area (Å²) < 4.78 is 2.12. The Morgan fingerprint density at radius 3 is 2.60 bits per heavy atom. The minimum atomic E-state index is 0.108. The number of rotatable bonds is 2. The fourth-order valence-corrected chi connectivity index (χ4v) is 3.53. The van der Waals surface area contributed by atoms with Crippen molar-refractivity contribution in [2.24, 2.45) is 0 Å². The summed E-state index contributed by atoms with van der Waals surface area (Å²) in [6.45, 7) is 2.08. The van der Waals surface area contributed by atoms with Crippen molar-refractivity contribution >= 4 is 17.4 Å². The first-order valence-electron chi connectivity index (χ1n) is 7.36. The highest BCUT2D eigenvalue weighted by molar-refractivity contribution is 6.30. The maximum absolute atomic E-state index is 6.02. The molecule has 1 aromatic carbocycles. The Morgan fingerprint density at radius 1 is 1.15 bits per heavy atom. The van der Waals surface area contributed by atoms with Gasteiger partial charge in [-0.3, -0.25) is 0 Å². The van der Waals surface area contributed by atoms with Gasteiger partial charge in [0.25, 0.3) is 0 Å². The summed E-state index contributed by atoms with van der Waals surface area (Å²) in [6.07, 6.45) is 4.80. The van der Waals surface area contributed by atoms with Gasteiger partial charge < -0.3 is 5.32 Å². The number of halogens is 1. The van der Waals surface area contributed by atoms with Crippen LogP contribution in [0.5, 0.6) is 0 Å². The SMILES string of the molecule is Clc1ccc(C2(c3cc4n(n3)CCCN4)CCC2)cc1. The number of aryl methyl sites for hydroxylation is 1. The maximum atomic E-state index is 6.02. The van der Waals surface area contributed by atoms with E-state index in [1.54, 1.807) is 0 Å². The van der Waals surface area contributed by atoms with E-state index in [-0.39, 0.29) is 5.41 Å². The Balaban J connectivity index is 1.77. The van der Waals surface area contributed by atoms with E-state index < -0.39 is 0 Å². The fourth-order valence-electron chi connectivity index (χ4n) is 3.40. The molecule has 4 rings (SSSR count). The largest absolute Gasteiger partial charge is 0.370 e. The second kappa shape index (κ2) is 4.52. The van der Waals surface area contributed by atoms with E-state index in [9.17, 15) is 0 Å². The number of hydrogen-bond acceptors (Lipinski definition) is 2. The number of nitrogens with zero attached hydrogens (tertiary/aromatic N) is 2. The fraction of sp³-hybridized carbons (Fsp3) is 0.438. The van der Waals surface area contributed by atoms with E-state index in [1.165, 1.54) is 36.3 Å². The van der Waals surface area contributed by atoms with Crippen LogP contribution < -0.4 is 5.32 Å². The molecule has 0 bridgehead atoms. The molecule has 1 aliphatic heterocycles. The lowest BCUT2D eigenvalue weighted by molar-refractivity contribution is 0.290. The van der Waals surface area contributed by atoms with Gasteiger partial charge in [-0.15, -0.1) is 0 Å². The van der Waals surface area contributed by atoms with Crippen LogP contribution in [0.1, 0.15) is 36.9 Å². The highest BCUT2D eigenvalue weighted by Gasteiger charge is 2.42. The monoisotopic (exact) mass is 287 g/mol. The minimum absolute atomic E-state index is 0.108. The van der Waals surface area contributed by atoms with Gasteiger partial charge in [0.1, 0.15) is 5.82 Å². The van der Waals surface area contributed by atoms with Crippen LogP contribution in [-0.2, 0) is 12.0 Å². The van der Waals surface area contributed by atoms with E-state index in [2.05, 4.69) is 28.2 Å². The molecule has 2 heterocycles. The minimum Gasteiger partial charge on any atom is -0.370 e. The number of anilines is 1. The molecule has 4 heteroatoms. The number of nitrogens with one attached hydrogen (secondary N) is 1. The van der Waals surface area contributed by atoms with Gasteiger partial charge >= 0.3 is 0 Å². The Morgan fingerprint density at radius 2 is 1.95 bits per heavy atom. The average molecular weight is 288 g/mol. The van der Waals surface area contributed by atoms with Gasteiger partial charge in [-0.05, 0) is 37.0 Å². The van der Waals surface area contributed by atoms with Gasteiger partial charge in [0.05, 0.1) is 5.69 Å². The molecular formula is C16H18ClN3. The normalized spacial score (nSPS) is 19.9. The highest BCUT2D eigenvalue weighted by atomic mass is 35.5. The Bertz CT molecular complexity index is 602. The van der Waals surface area contributed by atoms with Crippen molar-refractivity contribution in [3.8, 4) is 0 Å². The topological polar surface area (TPSA) is 29.9 Å². The quantitative estimate of drug-likeness (QED) is 0.910. The van der Waals surface area contributed by atoms with Crippen LogP contribution in [0.15, 0.2) is 30.3 Å². The first-order valence-corrected chi connectivity index (χ1v) is 7.74. The van der Waals surface area contributed by atoms with Gasteiger partial charge in [0.15, 0.2) is 0 Å². The standard InChI is InChI=1S/C16H18ClN3/c17-13-5-3-12(4-6-13)16(7-1-8-16)14-11-15-18-9-2-10-20(15)19-14/h3-6,11,18H,1-2,7-10H2. The summed E-state index contributed by atoms with van der Waals surface area (Å²) in [5.41, 5.74) is 2.68. The van der Waals surface area contributed by atoms with E-state index in [0.717, 1.165) is 24.5 Å². The molecule has 0 spiro atoms. The second-order valence-corrected chi connectivity index (χ2v) is 6.30. The lowest BCUT2D eigenvalue weighted by atomic mass is 9.62. The molecular weight excluding hydrogens is 270 g/mol. The zero-order valence-electron chi connectivity index (χ0n) is 11.4. The third kappa shape index (κ3) is 1.76. The second-order valence-electron chi connectivity index (χ2n) is 5.86. The van der Waals surface area contributed by atoms with Crippen LogP contribution in [0.4, 0.5) is 5.82 Å². The Kier molecular flexibility index (Phi) is 2.77. The van der Waals surface area contributed by atoms with Gasteiger partial charge in [0.2, 0.25) is 0 Å². The molecule has 0 radical (unpaired) electrons. The average Bonchev–Trinajstić information content (AvgIpc) is 2.83.